The van der Waals surface area contributed by atoms with Crippen LogP contribution < -0.4 is 0 Å². The Labute approximate surface area is 156 Å². The number of carbonyl (C=O) groups excluding carboxylic acids is 1. The van der Waals surface area contributed by atoms with Crippen molar-refractivity contribution in [1.82, 2.24) is 4.90 Å². The molecule has 1 aliphatic rings. The minimum Gasteiger partial charge on any atom is -0.445 e. The van der Waals surface area contributed by atoms with Crippen LogP contribution in [0.15, 0.2) is 30.3 Å². The molecule has 1 N–H and O–H groups in total. The van der Waals surface area contributed by atoms with Gasteiger partial charge in [-0.1, -0.05) is 30.3 Å². The maximum absolute atomic E-state index is 12.7. The van der Waals surface area contributed by atoms with Gasteiger partial charge in [0.15, 0.2) is 5.79 Å². The van der Waals surface area contributed by atoms with E-state index >= 15 is 0 Å². The Bertz CT molecular complexity index is 582. The van der Waals surface area contributed by atoms with Crippen molar-refractivity contribution in [3.63, 3.8) is 0 Å². The standard InChI is InChI=1S/C20H31NO5/c1-19(2,3)21(18(23)24-13-15-9-7-6-8-10-15)11-16(12-22)17-14-25-20(4,5)26-17/h6-10,16-17,22H,11-14H2,1-5H3/t16-,17+/m1/s1. The average Bonchev–Trinajstić information content (AvgIpc) is 2.93. The SMILES string of the molecule is CC1(C)OC[C@@H]([C@@H](CO)CN(C(=O)OCc2ccccc2)C(C)(C)C)O1. The van der Waals surface area contributed by atoms with Gasteiger partial charge in [-0.05, 0) is 40.2 Å². The van der Waals surface area contributed by atoms with Gasteiger partial charge in [0, 0.05) is 18.0 Å². The summed E-state index contributed by atoms with van der Waals surface area (Å²) in [6, 6.07) is 9.56. The topological polar surface area (TPSA) is 68.2 Å². The molecule has 1 fully saturated rings. The van der Waals surface area contributed by atoms with Crippen molar-refractivity contribution in [2.24, 2.45) is 5.92 Å². The van der Waals surface area contributed by atoms with Crippen molar-refractivity contribution in [1.29, 1.82) is 0 Å². The smallest absolute Gasteiger partial charge is 0.410 e. The second-order valence-corrected chi connectivity index (χ2v) is 8.13. The number of carbonyl (C=O) groups is 1. The number of nitrogens with zero attached hydrogens (tertiary/aromatic N) is 1. The lowest BCUT2D eigenvalue weighted by Crippen LogP contribution is -2.50. The molecule has 6 heteroatoms. The molecule has 0 spiro atoms. The highest BCUT2D eigenvalue weighted by Crippen LogP contribution is 2.28. The van der Waals surface area contributed by atoms with Crippen LogP contribution in [0.3, 0.4) is 0 Å². The lowest BCUT2D eigenvalue weighted by atomic mass is 9.99. The van der Waals surface area contributed by atoms with Gasteiger partial charge in [-0.3, -0.25) is 0 Å². The van der Waals surface area contributed by atoms with Gasteiger partial charge >= 0.3 is 6.09 Å². The molecule has 1 heterocycles. The normalized spacial score (nSPS) is 20.6. The van der Waals surface area contributed by atoms with Crippen molar-refractivity contribution in [3.8, 4) is 0 Å². The summed E-state index contributed by atoms with van der Waals surface area (Å²) in [7, 11) is 0. The van der Waals surface area contributed by atoms with Crippen LogP contribution >= 0.6 is 0 Å². The molecule has 1 saturated heterocycles. The van der Waals surface area contributed by atoms with E-state index in [1.807, 2.05) is 65.0 Å². The van der Waals surface area contributed by atoms with E-state index in [0.29, 0.717) is 13.2 Å². The van der Waals surface area contributed by atoms with Gasteiger partial charge in [0.2, 0.25) is 0 Å². The van der Waals surface area contributed by atoms with E-state index in [1.165, 1.54) is 0 Å². The first-order valence-electron chi connectivity index (χ1n) is 9.03. The zero-order valence-corrected chi connectivity index (χ0v) is 16.4. The summed E-state index contributed by atoms with van der Waals surface area (Å²) in [5.74, 6) is -0.918. The Morgan fingerprint density at radius 3 is 2.50 bits per heavy atom. The molecular formula is C20H31NO5. The summed E-state index contributed by atoms with van der Waals surface area (Å²) in [5.41, 5.74) is 0.485. The monoisotopic (exact) mass is 365 g/mol. The quantitative estimate of drug-likeness (QED) is 0.838. The summed E-state index contributed by atoms with van der Waals surface area (Å²) in [4.78, 5) is 14.4. The first-order chi connectivity index (χ1) is 12.1. The fourth-order valence-corrected chi connectivity index (χ4v) is 2.89. The summed E-state index contributed by atoms with van der Waals surface area (Å²) in [6.07, 6.45) is -0.667. The van der Waals surface area contributed by atoms with Crippen molar-refractivity contribution in [2.75, 3.05) is 19.8 Å². The molecule has 0 aromatic heterocycles. The molecule has 1 amide bonds. The summed E-state index contributed by atoms with van der Waals surface area (Å²) in [6.45, 7) is 10.4. The van der Waals surface area contributed by atoms with E-state index in [0.717, 1.165) is 5.56 Å². The second kappa shape index (κ2) is 8.37. The molecule has 2 rings (SSSR count). The van der Waals surface area contributed by atoms with E-state index < -0.39 is 17.4 Å². The number of amides is 1. The van der Waals surface area contributed by atoms with E-state index in [1.54, 1.807) is 4.90 Å². The lowest BCUT2D eigenvalue weighted by Gasteiger charge is -2.38. The number of ether oxygens (including phenoxy) is 3. The molecule has 0 radical (unpaired) electrons. The van der Waals surface area contributed by atoms with Gasteiger partial charge in [-0.25, -0.2) is 4.79 Å². The van der Waals surface area contributed by atoms with Crippen LogP contribution in [0.2, 0.25) is 0 Å². The van der Waals surface area contributed by atoms with Crippen molar-refractivity contribution in [3.05, 3.63) is 35.9 Å². The summed E-state index contributed by atoms with van der Waals surface area (Å²) in [5, 5.41) is 9.85. The molecule has 26 heavy (non-hydrogen) atoms. The Hall–Kier alpha value is -1.63. The van der Waals surface area contributed by atoms with Crippen LogP contribution in [0.25, 0.3) is 0 Å². The van der Waals surface area contributed by atoms with Crippen molar-refractivity contribution in [2.45, 2.75) is 58.7 Å². The van der Waals surface area contributed by atoms with E-state index in [9.17, 15) is 9.90 Å². The largest absolute Gasteiger partial charge is 0.445 e. The van der Waals surface area contributed by atoms with Crippen LogP contribution in [-0.4, -0.2) is 53.3 Å². The van der Waals surface area contributed by atoms with Gasteiger partial charge in [0.05, 0.1) is 19.3 Å². The molecule has 1 aromatic carbocycles. The second-order valence-electron chi connectivity index (χ2n) is 8.13. The highest BCUT2D eigenvalue weighted by Gasteiger charge is 2.40. The summed E-state index contributed by atoms with van der Waals surface area (Å²) < 4.78 is 17.0. The first kappa shape index (κ1) is 20.7. The van der Waals surface area contributed by atoms with E-state index in [2.05, 4.69) is 0 Å². The van der Waals surface area contributed by atoms with Crippen LogP contribution in [0.1, 0.15) is 40.2 Å². The van der Waals surface area contributed by atoms with Gasteiger partial charge in [-0.2, -0.15) is 0 Å². The molecule has 6 nitrogen and oxygen atoms in total. The predicted octanol–water partition coefficient (Wildman–Crippen LogP) is 3.18. The number of hydrogen-bond donors (Lipinski definition) is 1. The van der Waals surface area contributed by atoms with Gasteiger partial charge < -0.3 is 24.2 Å². The maximum Gasteiger partial charge on any atom is 0.410 e. The fourth-order valence-electron chi connectivity index (χ4n) is 2.89. The third-order valence-corrected chi connectivity index (χ3v) is 4.44. The van der Waals surface area contributed by atoms with Gasteiger partial charge in [0.1, 0.15) is 6.61 Å². The van der Waals surface area contributed by atoms with E-state index in [-0.39, 0.29) is 25.2 Å². The first-order valence-corrected chi connectivity index (χ1v) is 9.03. The van der Waals surface area contributed by atoms with Crippen LogP contribution in [0.4, 0.5) is 4.79 Å². The number of rotatable bonds is 6. The van der Waals surface area contributed by atoms with Crippen LogP contribution in [0, 0.1) is 5.92 Å². The third-order valence-electron chi connectivity index (χ3n) is 4.44. The number of benzene rings is 1. The Balaban J connectivity index is 2.02. The molecule has 0 saturated carbocycles. The van der Waals surface area contributed by atoms with Gasteiger partial charge in [0.25, 0.3) is 0 Å². The molecule has 1 aromatic rings. The molecule has 0 unspecified atom stereocenters. The molecule has 1 aliphatic heterocycles. The Morgan fingerprint density at radius 2 is 2.00 bits per heavy atom. The highest BCUT2D eigenvalue weighted by atomic mass is 16.7. The van der Waals surface area contributed by atoms with Crippen LogP contribution in [-0.2, 0) is 20.8 Å². The van der Waals surface area contributed by atoms with Gasteiger partial charge in [-0.15, -0.1) is 0 Å². The molecule has 0 bridgehead atoms. The molecular weight excluding hydrogens is 334 g/mol. The van der Waals surface area contributed by atoms with Crippen molar-refractivity contribution < 1.29 is 24.1 Å². The summed E-state index contributed by atoms with van der Waals surface area (Å²) >= 11 is 0. The highest BCUT2D eigenvalue weighted by molar-refractivity contribution is 5.68. The number of hydrogen-bond acceptors (Lipinski definition) is 5. The van der Waals surface area contributed by atoms with Crippen LogP contribution in [0.5, 0.6) is 0 Å². The fraction of sp³-hybridized carbons (Fsp3) is 0.650. The maximum atomic E-state index is 12.7. The zero-order valence-electron chi connectivity index (χ0n) is 16.4. The molecule has 0 aliphatic carbocycles. The minimum absolute atomic E-state index is 0.0946. The number of aliphatic hydroxyl groups excluding tert-OH is 1. The van der Waals surface area contributed by atoms with Crippen molar-refractivity contribution >= 4 is 6.09 Å². The lowest BCUT2D eigenvalue weighted by molar-refractivity contribution is -0.147. The number of aliphatic hydroxyl groups is 1. The third kappa shape index (κ3) is 5.69. The molecule has 2 atom stereocenters. The zero-order chi connectivity index (χ0) is 19.4. The predicted molar refractivity (Wildman–Crippen MR) is 98.6 cm³/mol. The average molecular weight is 365 g/mol. The van der Waals surface area contributed by atoms with E-state index in [4.69, 9.17) is 14.2 Å². The minimum atomic E-state index is -0.668. The Kier molecular flexibility index (Phi) is 6.66. The Morgan fingerprint density at radius 1 is 1.35 bits per heavy atom. The molecule has 146 valence electrons.